The molecule has 0 saturated heterocycles. The Morgan fingerprint density at radius 1 is 1.32 bits per heavy atom. The second-order valence-corrected chi connectivity index (χ2v) is 7.51. The summed E-state index contributed by atoms with van der Waals surface area (Å²) in [6.07, 6.45) is 0. The maximum absolute atomic E-state index is 12.4. The highest BCUT2D eigenvalue weighted by molar-refractivity contribution is 7.99. The van der Waals surface area contributed by atoms with Gasteiger partial charge in [0.25, 0.3) is 0 Å². The molecule has 0 aromatic carbocycles. The van der Waals surface area contributed by atoms with Gasteiger partial charge in [-0.25, -0.2) is 0 Å². The standard InChI is InChI=1S/C15H22N4OS2/c1-10(2)19(11(3)4)13(20)9-22-15-17-16-14(18(15)5)12-7-6-8-21-12/h6-8,10-11H,9H2,1-5H3. The second-order valence-electron chi connectivity index (χ2n) is 5.62. The van der Waals surface area contributed by atoms with Gasteiger partial charge in [0.05, 0.1) is 10.6 Å². The normalized spacial score (nSPS) is 11.4. The maximum atomic E-state index is 12.4. The number of carbonyl (C=O) groups is 1. The fourth-order valence-electron chi connectivity index (χ4n) is 2.43. The van der Waals surface area contributed by atoms with Crippen LogP contribution >= 0.6 is 23.1 Å². The molecule has 7 heteroatoms. The largest absolute Gasteiger partial charge is 0.337 e. The summed E-state index contributed by atoms with van der Waals surface area (Å²) in [4.78, 5) is 15.4. The Hall–Kier alpha value is -1.34. The smallest absolute Gasteiger partial charge is 0.233 e. The number of nitrogens with zero attached hydrogens (tertiary/aromatic N) is 4. The number of amides is 1. The van der Waals surface area contributed by atoms with Crippen molar-refractivity contribution in [3.63, 3.8) is 0 Å². The molecule has 0 unspecified atom stereocenters. The van der Waals surface area contributed by atoms with Gasteiger partial charge in [-0.1, -0.05) is 17.8 Å². The lowest BCUT2D eigenvalue weighted by atomic mass is 10.2. The third-order valence-electron chi connectivity index (χ3n) is 3.30. The molecule has 0 saturated carbocycles. The van der Waals surface area contributed by atoms with E-state index < -0.39 is 0 Å². The van der Waals surface area contributed by atoms with E-state index in [0.717, 1.165) is 15.9 Å². The maximum Gasteiger partial charge on any atom is 0.233 e. The summed E-state index contributed by atoms with van der Waals surface area (Å²) in [5.74, 6) is 1.36. The Labute approximate surface area is 139 Å². The van der Waals surface area contributed by atoms with Gasteiger partial charge in [0, 0.05) is 19.1 Å². The molecular formula is C15H22N4OS2. The molecule has 0 N–H and O–H groups in total. The Balaban J connectivity index is 2.05. The number of aromatic nitrogens is 3. The van der Waals surface area contributed by atoms with Gasteiger partial charge in [0.1, 0.15) is 0 Å². The molecule has 0 aliphatic heterocycles. The first-order chi connectivity index (χ1) is 10.4. The van der Waals surface area contributed by atoms with Crippen molar-refractivity contribution in [3.05, 3.63) is 17.5 Å². The van der Waals surface area contributed by atoms with E-state index in [1.165, 1.54) is 11.8 Å². The van der Waals surface area contributed by atoms with E-state index in [9.17, 15) is 4.79 Å². The van der Waals surface area contributed by atoms with E-state index in [2.05, 4.69) is 10.2 Å². The second kappa shape index (κ2) is 7.28. The van der Waals surface area contributed by atoms with Crippen molar-refractivity contribution < 1.29 is 4.79 Å². The van der Waals surface area contributed by atoms with Crippen molar-refractivity contribution in [3.8, 4) is 10.7 Å². The van der Waals surface area contributed by atoms with Crippen molar-refractivity contribution in [2.24, 2.45) is 7.05 Å². The molecular weight excluding hydrogens is 316 g/mol. The minimum absolute atomic E-state index is 0.135. The summed E-state index contributed by atoms with van der Waals surface area (Å²) in [5.41, 5.74) is 0. The first-order valence-corrected chi connectivity index (χ1v) is 9.15. The average molecular weight is 339 g/mol. The van der Waals surface area contributed by atoms with Gasteiger partial charge >= 0.3 is 0 Å². The lowest BCUT2D eigenvalue weighted by molar-refractivity contribution is -0.131. The fraction of sp³-hybridized carbons (Fsp3) is 0.533. The Morgan fingerprint density at radius 3 is 2.55 bits per heavy atom. The molecule has 0 radical (unpaired) electrons. The molecule has 0 spiro atoms. The summed E-state index contributed by atoms with van der Waals surface area (Å²) in [5, 5.41) is 11.2. The molecule has 22 heavy (non-hydrogen) atoms. The van der Waals surface area contributed by atoms with Gasteiger partial charge < -0.3 is 9.47 Å². The number of carbonyl (C=O) groups excluding carboxylic acids is 1. The van der Waals surface area contributed by atoms with Gasteiger partial charge in [-0.3, -0.25) is 4.79 Å². The van der Waals surface area contributed by atoms with Crippen LogP contribution in [0, 0.1) is 0 Å². The van der Waals surface area contributed by atoms with E-state index in [1.807, 2.05) is 61.7 Å². The van der Waals surface area contributed by atoms with E-state index >= 15 is 0 Å². The molecule has 0 fully saturated rings. The van der Waals surface area contributed by atoms with Gasteiger partial charge in [0.15, 0.2) is 11.0 Å². The van der Waals surface area contributed by atoms with E-state index in [0.29, 0.717) is 5.75 Å². The van der Waals surface area contributed by atoms with Crippen molar-refractivity contribution in [2.75, 3.05) is 5.75 Å². The number of hydrogen-bond acceptors (Lipinski definition) is 5. The Kier molecular flexibility index (Phi) is 5.63. The lowest BCUT2D eigenvalue weighted by Crippen LogP contribution is -2.43. The lowest BCUT2D eigenvalue weighted by Gasteiger charge is -2.30. The summed E-state index contributed by atoms with van der Waals surface area (Å²) in [6, 6.07) is 4.42. The van der Waals surface area contributed by atoms with Crippen LogP contribution in [0.1, 0.15) is 27.7 Å². The highest BCUT2D eigenvalue weighted by atomic mass is 32.2. The number of thioether (sulfide) groups is 1. The first kappa shape index (κ1) is 17.0. The van der Waals surface area contributed by atoms with Gasteiger partial charge in [-0.15, -0.1) is 21.5 Å². The molecule has 1 amide bonds. The minimum atomic E-state index is 0.135. The highest BCUT2D eigenvalue weighted by Gasteiger charge is 2.21. The Bertz CT molecular complexity index is 612. The van der Waals surface area contributed by atoms with Crippen LogP contribution in [-0.4, -0.2) is 43.4 Å². The molecule has 2 rings (SSSR count). The van der Waals surface area contributed by atoms with Crippen molar-refractivity contribution in [1.29, 1.82) is 0 Å². The van der Waals surface area contributed by atoms with E-state index in [4.69, 9.17) is 0 Å². The van der Waals surface area contributed by atoms with Gasteiger partial charge in [-0.05, 0) is 39.1 Å². The van der Waals surface area contributed by atoms with Crippen molar-refractivity contribution in [1.82, 2.24) is 19.7 Å². The summed E-state index contributed by atoms with van der Waals surface area (Å²) in [6.45, 7) is 8.17. The number of hydrogen-bond donors (Lipinski definition) is 0. The number of rotatable bonds is 6. The van der Waals surface area contributed by atoms with Crippen molar-refractivity contribution >= 4 is 29.0 Å². The zero-order chi connectivity index (χ0) is 16.3. The quantitative estimate of drug-likeness (QED) is 0.759. The van der Waals surface area contributed by atoms with Crippen LogP contribution in [0.15, 0.2) is 22.7 Å². The average Bonchev–Trinajstić information content (AvgIpc) is 3.05. The fourth-order valence-corrected chi connectivity index (χ4v) is 3.96. The zero-order valence-corrected chi connectivity index (χ0v) is 15.2. The van der Waals surface area contributed by atoms with Crippen LogP contribution in [0.25, 0.3) is 10.7 Å². The zero-order valence-electron chi connectivity index (χ0n) is 13.6. The summed E-state index contributed by atoms with van der Waals surface area (Å²) >= 11 is 3.07. The Morgan fingerprint density at radius 2 is 2.00 bits per heavy atom. The van der Waals surface area contributed by atoms with Crippen LogP contribution < -0.4 is 0 Å². The van der Waals surface area contributed by atoms with Crippen LogP contribution in [0.3, 0.4) is 0 Å². The molecule has 2 aromatic rings. The predicted octanol–water partition coefficient (Wildman–Crippen LogP) is 3.28. The molecule has 120 valence electrons. The molecule has 2 heterocycles. The van der Waals surface area contributed by atoms with E-state index in [-0.39, 0.29) is 18.0 Å². The molecule has 0 atom stereocenters. The molecule has 0 bridgehead atoms. The highest BCUT2D eigenvalue weighted by Crippen LogP contribution is 2.26. The van der Waals surface area contributed by atoms with E-state index in [1.54, 1.807) is 11.3 Å². The SMILES string of the molecule is CC(C)N(C(=O)CSc1nnc(-c2cccs2)n1C)C(C)C. The van der Waals surface area contributed by atoms with Gasteiger partial charge in [-0.2, -0.15) is 0 Å². The molecule has 2 aromatic heterocycles. The first-order valence-electron chi connectivity index (χ1n) is 7.29. The van der Waals surface area contributed by atoms with Crippen molar-refractivity contribution in [2.45, 2.75) is 44.9 Å². The minimum Gasteiger partial charge on any atom is -0.337 e. The molecule has 0 aliphatic carbocycles. The molecule has 0 aliphatic rings. The van der Waals surface area contributed by atoms with Crippen LogP contribution in [0.5, 0.6) is 0 Å². The predicted molar refractivity (Wildman–Crippen MR) is 92.2 cm³/mol. The van der Waals surface area contributed by atoms with Gasteiger partial charge in [0.2, 0.25) is 5.91 Å². The topological polar surface area (TPSA) is 51.0 Å². The third-order valence-corrected chi connectivity index (χ3v) is 5.17. The third kappa shape index (κ3) is 3.70. The van der Waals surface area contributed by atoms with Crippen LogP contribution in [0.4, 0.5) is 0 Å². The number of thiophene rings is 1. The monoisotopic (exact) mass is 338 g/mol. The summed E-state index contributed by atoms with van der Waals surface area (Å²) < 4.78 is 1.94. The molecule has 5 nitrogen and oxygen atoms in total. The summed E-state index contributed by atoms with van der Waals surface area (Å²) in [7, 11) is 1.94. The van der Waals surface area contributed by atoms with Crippen LogP contribution in [0.2, 0.25) is 0 Å². The van der Waals surface area contributed by atoms with Crippen LogP contribution in [-0.2, 0) is 11.8 Å².